The zero-order chi connectivity index (χ0) is 15.1. The maximum atomic E-state index is 11.8. The molecular formula is C16H23NO4. The Hall–Kier alpha value is -1.43. The third-order valence-electron chi connectivity index (χ3n) is 3.73. The van der Waals surface area contributed by atoms with Gasteiger partial charge in [0.2, 0.25) is 0 Å². The Balaban J connectivity index is 2.07. The van der Waals surface area contributed by atoms with Gasteiger partial charge in [-0.05, 0) is 12.5 Å². The second-order valence-corrected chi connectivity index (χ2v) is 5.24. The molecular weight excluding hydrogens is 270 g/mol. The van der Waals surface area contributed by atoms with E-state index in [-0.39, 0.29) is 31.1 Å². The van der Waals surface area contributed by atoms with Gasteiger partial charge in [0, 0.05) is 25.1 Å². The van der Waals surface area contributed by atoms with Crippen molar-refractivity contribution in [2.75, 3.05) is 33.0 Å². The number of carbonyl (C=O) groups is 1. The lowest BCUT2D eigenvalue weighted by Crippen LogP contribution is -2.44. The minimum Gasteiger partial charge on any atom is -0.465 e. The molecule has 1 aliphatic rings. The monoisotopic (exact) mass is 293 g/mol. The normalized spacial score (nSPS) is 21.7. The van der Waals surface area contributed by atoms with Crippen LogP contribution in [0.3, 0.4) is 0 Å². The van der Waals surface area contributed by atoms with Crippen molar-refractivity contribution in [3.8, 4) is 0 Å². The Morgan fingerprint density at radius 1 is 1.38 bits per heavy atom. The van der Waals surface area contributed by atoms with Crippen molar-refractivity contribution in [1.29, 1.82) is 0 Å². The standard InChI is InChI=1S/C16H23NO4/c1-2-21-16(19)9-17(8-13-6-4-3-5-7-13)15-12-20-11-14(15)10-18/h3-7,14-15,18H,2,8-12H2,1H3/t14-,15+/m1/s1. The largest absolute Gasteiger partial charge is 0.465 e. The average Bonchev–Trinajstić information content (AvgIpc) is 2.96. The van der Waals surface area contributed by atoms with E-state index in [1.54, 1.807) is 6.92 Å². The molecule has 0 aliphatic carbocycles. The minimum absolute atomic E-state index is 0.0413. The SMILES string of the molecule is CCOC(=O)CN(Cc1ccccc1)[C@H]1COC[C@H]1CO. The molecule has 2 rings (SSSR count). The number of rotatable bonds is 7. The van der Waals surface area contributed by atoms with Crippen molar-refractivity contribution >= 4 is 5.97 Å². The number of benzene rings is 1. The first-order chi connectivity index (χ1) is 10.2. The van der Waals surface area contributed by atoms with Gasteiger partial charge < -0.3 is 14.6 Å². The summed E-state index contributed by atoms with van der Waals surface area (Å²) in [4.78, 5) is 13.9. The van der Waals surface area contributed by atoms with E-state index in [1.807, 2.05) is 35.2 Å². The number of aliphatic hydroxyl groups is 1. The molecule has 0 unspecified atom stereocenters. The summed E-state index contributed by atoms with van der Waals surface area (Å²) >= 11 is 0. The molecule has 116 valence electrons. The van der Waals surface area contributed by atoms with Crippen LogP contribution in [0.5, 0.6) is 0 Å². The number of nitrogens with zero attached hydrogens (tertiary/aromatic N) is 1. The molecule has 1 fully saturated rings. The van der Waals surface area contributed by atoms with Crippen LogP contribution in [-0.4, -0.2) is 55.0 Å². The Bertz CT molecular complexity index is 437. The molecule has 0 amide bonds. The summed E-state index contributed by atoms with van der Waals surface area (Å²) in [7, 11) is 0. The quantitative estimate of drug-likeness (QED) is 0.762. The van der Waals surface area contributed by atoms with E-state index < -0.39 is 0 Å². The predicted octanol–water partition coefficient (Wildman–Crippen LogP) is 1.06. The van der Waals surface area contributed by atoms with Crippen molar-refractivity contribution in [2.45, 2.75) is 19.5 Å². The van der Waals surface area contributed by atoms with Crippen molar-refractivity contribution in [3.63, 3.8) is 0 Å². The fourth-order valence-electron chi connectivity index (χ4n) is 2.65. The van der Waals surface area contributed by atoms with Gasteiger partial charge in [0.05, 0.1) is 26.4 Å². The second-order valence-electron chi connectivity index (χ2n) is 5.24. The van der Waals surface area contributed by atoms with Gasteiger partial charge in [-0.2, -0.15) is 0 Å². The van der Waals surface area contributed by atoms with Crippen molar-refractivity contribution in [2.24, 2.45) is 5.92 Å². The highest BCUT2D eigenvalue weighted by Crippen LogP contribution is 2.21. The van der Waals surface area contributed by atoms with Gasteiger partial charge in [0.25, 0.3) is 0 Å². The number of hydrogen-bond acceptors (Lipinski definition) is 5. The molecule has 1 aromatic carbocycles. The highest BCUT2D eigenvalue weighted by atomic mass is 16.5. The van der Waals surface area contributed by atoms with Crippen LogP contribution < -0.4 is 0 Å². The Morgan fingerprint density at radius 3 is 2.81 bits per heavy atom. The molecule has 21 heavy (non-hydrogen) atoms. The van der Waals surface area contributed by atoms with Gasteiger partial charge in [-0.1, -0.05) is 30.3 Å². The molecule has 2 atom stereocenters. The first-order valence-corrected chi connectivity index (χ1v) is 7.36. The summed E-state index contributed by atoms with van der Waals surface area (Å²) in [6, 6.07) is 10.0. The fraction of sp³-hybridized carbons (Fsp3) is 0.562. The molecule has 5 nitrogen and oxygen atoms in total. The number of carbonyl (C=O) groups excluding carboxylic acids is 1. The van der Waals surface area contributed by atoms with Crippen molar-refractivity contribution < 1.29 is 19.4 Å². The van der Waals surface area contributed by atoms with Crippen molar-refractivity contribution in [1.82, 2.24) is 4.90 Å². The molecule has 1 aromatic rings. The molecule has 0 saturated carbocycles. The van der Waals surface area contributed by atoms with Gasteiger partial charge in [0.15, 0.2) is 0 Å². The van der Waals surface area contributed by atoms with Gasteiger partial charge in [-0.3, -0.25) is 9.69 Å². The third kappa shape index (κ3) is 4.52. The topological polar surface area (TPSA) is 59.0 Å². The molecule has 5 heteroatoms. The first kappa shape index (κ1) is 15.9. The lowest BCUT2D eigenvalue weighted by atomic mass is 10.0. The lowest BCUT2D eigenvalue weighted by molar-refractivity contribution is -0.145. The van der Waals surface area contributed by atoms with Gasteiger partial charge in [-0.25, -0.2) is 0 Å². The smallest absolute Gasteiger partial charge is 0.320 e. The highest BCUT2D eigenvalue weighted by molar-refractivity contribution is 5.71. The fourth-order valence-corrected chi connectivity index (χ4v) is 2.65. The van der Waals surface area contributed by atoms with Crippen LogP contribution in [0.2, 0.25) is 0 Å². The van der Waals surface area contributed by atoms with Crippen LogP contribution in [0.4, 0.5) is 0 Å². The molecule has 1 saturated heterocycles. The maximum absolute atomic E-state index is 11.8. The predicted molar refractivity (Wildman–Crippen MR) is 78.7 cm³/mol. The molecule has 0 aromatic heterocycles. The maximum Gasteiger partial charge on any atom is 0.320 e. The van der Waals surface area contributed by atoms with E-state index in [2.05, 4.69) is 0 Å². The summed E-state index contributed by atoms with van der Waals surface area (Å²) in [6.07, 6.45) is 0. The van der Waals surface area contributed by atoms with E-state index in [1.165, 1.54) is 0 Å². The van der Waals surface area contributed by atoms with E-state index >= 15 is 0 Å². The second kappa shape index (κ2) is 8.12. The average molecular weight is 293 g/mol. The third-order valence-corrected chi connectivity index (χ3v) is 3.73. The van der Waals surface area contributed by atoms with E-state index in [0.717, 1.165) is 5.56 Å². The first-order valence-electron chi connectivity index (χ1n) is 7.36. The Morgan fingerprint density at radius 2 is 2.14 bits per heavy atom. The van der Waals surface area contributed by atoms with Crippen LogP contribution in [0, 0.1) is 5.92 Å². The van der Waals surface area contributed by atoms with Crippen LogP contribution >= 0.6 is 0 Å². The minimum atomic E-state index is -0.239. The van der Waals surface area contributed by atoms with E-state index in [0.29, 0.717) is 26.4 Å². The number of esters is 1. The molecule has 0 spiro atoms. The number of aliphatic hydroxyl groups excluding tert-OH is 1. The zero-order valence-corrected chi connectivity index (χ0v) is 12.4. The van der Waals surface area contributed by atoms with Gasteiger partial charge in [-0.15, -0.1) is 0 Å². The van der Waals surface area contributed by atoms with Crippen LogP contribution in [-0.2, 0) is 20.8 Å². The molecule has 0 bridgehead atoms. The summed E-state index contributed by atoms with van der Waals surface area (Å²) in [6.45, 7) is 4.18. The van der Waals surface area contributed by atoms with E-state index in [9.17, 15) is 9.90 Å². The Kier molecular flexibility index (Phi) is 6.17. The van der Waals surface area contributed by atoms with Gasteiger partial charge >= 0.3 is 5.97 Å². The molecule has 0 radical (unpaired) electrons. The van der Waals surface area contributed by atoms with Crippen LogP contribution in [0.15, 0.2) is 30.3 Å². The Labute approximate surface area is 125 Å². The molecule has 1 N–H and O–H groups in total. The number of ether oxygens (including phenoxy) is 2. The summed E-state index contributed by atoms with van der Waals surface area (Å²) < 4.78 is 10.5. The van der Waals surface area contributed by atoms with E-state index in [4.69, 9.17) is 9.47 Å². The number of hydrogen-bond donors (Lipinski definition) is 1. The van der Waals surface area contributed by atoms with Crippen LogP contribution in [0.25, 0.3) is 0 Å². The zero-order valence-electron chi connectivity index (χ0n) is 12.4. The van der Waals surface area contributed by atoms with Crippen LogP contribution in [0.1, 0.15) is 12.5 Å². The van der Waals surface area contributed by atoms with Crippen molar-refractivity contribution in [3.05, 3.63) is 35.9 Å². The molecule has 1 heterocycles. The highest BCUT2D eigenvalue weighted by Gasteiger charge is 2.33. The summed E-state index contributed by atoms with van der Waals surface area (Å²) in [5, 5.41) is 9.47. The van der Waals surface area contributed by atoms with Gasteiger partial charge in [0.1, 0.15) is 0 Å². The summed E-state index contributed by atoms with van der Waals surface area (Å²) in [5.41, 5.74) is 1.13. The summed E-state index contributed by atoms with van der Waals surface area (Å²) in [5.74, 6) is -0.194. The lowest BCUT2D eigenvalue weighted by Gasteiger charge is -2.30. The molecule has 1 aliphatic heterocycles.